The van der Waals surface area contributed by atoms with Crippen molar-refractivity contribution in [1.82, 2.24) is 0 Å². The third kappa shape index (κ3) is 2.00. The molecule has 2 atom stereocenters. The zero-order chi connectivity index (χ0) is 6.85. The lowest BCUT2D eigenvalue weighted by atomic mass is 10.1. The molecule has 1 fully saturated rings. The highest BCUT2D eigenvalue weighted by Crippen LogP contribution is 2.44. The normalized spacial score (nSPS) is 33.3. The molecule has 0 aromatic carbocycles. The van der Waals surface area contributed by atoms with E-state index in [0.717, 1.165) is 17.8 Å². The summed E-state index contributed by atoms with van der Waals surface area (Å²) in [6, 6.07) is 0. The van der Waals surface area contributed by atoms with Crippen LogP contribution in [-0.2, 0) is 0 Å². The lowest BCUT2D eigenvalue weighted by Gasteiger charge is -2.00. The minimum atomic E-state index is 0.923. The van der Waals surface area contributed by atoms with Gasteiger partial charge >= 0.3 is 0 Å². The van der Waals surface area contributed by atoms with E-state index in [1.165, 1.54) is 19.3 Å². The number of hydrogen-bond donors (Lipinski definition) is 0. The average molecular weight is 126 g/mol. The first kappa shape index (κ1) is 7.11. The molecule has 0 saturated heterocycles. The molecular formula is C9H18. The van der Waals surface area contributed by atoms with Crippen molar-refractivity contribution in [1.29, 1.82) is 0 Å². The van der Waals surface area contributed by atoms with E-state index in [4.69, 9.17) is 0 Å². The molecule has 0 bridgehead atoms. The highest BCUT2D eigenvalue weighted by atomic mass is 14.4. The quantitative estimate of drug-likeness (QED) is 0.545. The van der Waals surface area contributed by atoms with Gasteiger partial charge in [-0.05, 0) is 30.6 Å². The summed E-state index contributed by atoms with van der Waals surface area (Å²) in [5.74, 6) is 3.13. The summed E-state index contributed by atoms with van der Waals surface area (Å²) in [7, 11) is 0. The molecule has 1 rings (SSSR count). The van der Waals surface area contributed by atoms with Crippen molar-refractivity contribution in [3.8, 4) is 0 Å². The summed E-state index contributed by atoms with van der Waals surface area (Å²) in [4.78, 5) is 0. The predicted octanol–water partition coefficient (Wildman–Crippen LogP) is 3.08. The summed E-state index contributed by atoms with van der Waals surface area (Å²) in [6.07, 6.45) is 4.41. The van der Waals surface area contributed by atoms with Crippen LogP contribution < -0.4 is 0 Å². The van der Waals surface area contributed by atoms with Crippen molar-refractivity contribution >= 4 is 0 Å². The van der Waals surface area contributed by atoms with Crippen LogP contribution >= 0.6 is 0 Å². The minimum absolute atomic E-state index is 0.923. The maximum atomic E-state index is 2.32. The van der Waals surface area contributed by atoms with Crippen LogP contribution in [0.4, 0.5) is 0 Å². The van der Waals surface area contributed by atoms with E-state index in [1.54, 1.807) is 0 Å². The van der Waals surface area contributed by atoms with Crippen molar-refractivity contribution in [2.75, 3.05) is 0 Å². The Labute approximate surface area is 58.7 Å². The average Bonchev–Trinajstić information content (AvgIpc) is 2.45. The molecule has 0 heterocycles. The Morgan fingerprint density at radius 3 is 2.33 bits per heavy atom. The van der Waals surface area contributed by atoms with Crippen molar-refractivity contribution in [2.45, 2.75) is 40.0 Å². The molecule has 0 spiro atoms. The maximum absolute atomic E-state index is 2.32. The zero-order valence-electron chi connectivity index (χ0n) is 6.85. The van der Waals surface area contributed by atoms with Gasteiger partial charge in [0.1, 0.15) is 0 Å². The second-order valence-corrected chi connectivity index (χ2v) is 3.79. The largest absolute Gasteiger partial charge is 0.0651 e. The van der Waals surface area contributed by atoms with Crippen LogP contribution in [0.1, 0.15) is 40.0 Å². The molecule has 1 aliphatic carbocycles. The molecule has 0 aliphatic heterocycles. The SMILES string of the molecule is CC[C@H]1C[C@H]1CC(C)C. The van der Waals surface area contributed by atoms with Gasteiger partial charge in [-0.15, -0.1) is 0 Å². The molecule has 1 saturated carbocycles. The van der Waals surface area contributed by atoms with Crippen LogP contribution in [-0.4, -0.2) is 0 Å². The van der Waals surface area contributed by atoms with E-state index >= 15 is 0 Å². The monoisotopic (exact) mass is 126 g/mol. The third-order valence-electron chi connectivity index (χ3n) is 2.37. The third-order valence-corrected chi connectivity index (χ3v) is 2.37. The molecule has 0 aromatic heterocycles. The van der Waals surface area contributed by atoms with Crippen LogP contribution in [0.2, 0.25) is 0 Å². The topological polar surface area (TPSA) is 0 Å². The summed E-state index contributed by atoms with van der Waals surface area (Å²) in [5, 5.41) is 0. The first-order valence-electron chi connectivity index (χ1n) is 4.24. The van der Waals surface area contributed by atoms with Gasteiger partial charge < -0.3 is 0 Å². The second-order valence-electron chi connectivity index (χ2n) is 3.79. The molecule has 0 radical (unpaired) electrons. The van der Waals surface area contributed by atoms with E-state index < -0.39 is 0 Å². The second kappa shape index (κ2) is 2.72. The van der Waals surface area contributed by atoms with Crippen molar-refractivity contribution in [3.05, 3.63) is 0 Å². The summed E-state index contributed by atoms with van der Waals surface area (Å²) in [6.45, 7) is 6.96. The first-order chi connectivity index (χ1) is 4.24. The molecule has 0 aromatic rings. The van der Waals surface area contributed by atoms with E-state index in [0.29, 0.717) is 0 Å². The fourth-order valence-electron chi connectivity index (χ4n) is 1.70. The van der Waals surface area contributed by atoms with Gasteiger partial charge in [-0.3, -0.25) is 0 Å². The Morgan fingerprint density at radius 2 is 2.00 bits per heavy atom. The van der Waals surface area contributed by atoms with Crippen molar-refractivity contribution in [3.63, 3.8) is 0 Å². The fourth-order valence-corrected chi connectivity index (χ4v) is 1.70. The molecule has 0 N–H and O–H groups in total. The van der Waals surface area contributed by atoms with Crippen LogP contribution in [0.5, 0.6) is 0 Å². The molecule has 9 heavy (non-hydrogen) atoms. The standard InChI is InChI=1S/C9H18/c1-4-8-6-9(8)5-7(2)3/h7-9H,4-6H2,1-3H3/t8-,9+/m0/s1. The van der Waals surface area contributed by atoms with Gasteiger partial charge in [-0.1, -0.05) is 27.2 Å². The van der Waals surface area contributed by atoms with Crippen LogP contribution in [0.15, 0.2) is 0 Å². The van der Waals surface area contributed by atoms with E-state index in [9.17, 15) is 0 Å². The number of hydrogen-bond acceptors (Lipinski definition) is 0. The lowest BCUT2D eigenvalue weighted by molar-refractivity contribution is 0.508. The summed E-state index contributed by atoms with van der Waals surface area (Å²) < 4.78 is 0. The highest BCUT2D eigenvalue weighted by molar-refractivity contribution is 4.85. The van der Waals surface area contributed by atoms with Crippen LogP contribution in [0.25, 0.3) is 0 Å². The van der Waals surface area contributed by atoms with Gasteiger partial charge in [-0.2, -0.15) is 0 Å². The lowest BCUT2D eigenvalue weighted by Crippen LogP contribution is -1.89. The molecule has 0 heteroatoms. The summed E-state index contributed by atoms with van der Waals surface area (Å²) >= 11 is 0. The summed E-state index contributed by atoms with van der Waals surface area (Å²) in [5.41, 5.74) is 0. The Kier molecular flexibility index (Phi) is 2.15. The fraction of sp³-hybridized carbons (Fsp3) is 1.00. The minimum Gasteiger partial charge on any atom is -0.0651 e. The Bertz CT molecular complexity index is 84.0. The highest BCUT2D eigenvalue weighted by Gasteiger charge is 2.34. The Balaban J connectivity index is 2.05. The van der Waals surface area contributed by atoms with Gasteiger partial charge in [0.25, 0.3) is 0 Å². The maximum Gasteiger partial charge on any atom is -0.0381 e. The van der Waals surface area contributed by atoms with Gasteiger partial charge in [0.05, 0.1) is 0 Å². The molecule has 0 nitrogen and oxygen atoms in total. The van der Waals surface area contributed by atoms with Crippen LogP contribution in [0.3, 0.4) is 0 Å². The zero-order valence-corrected chi connectivity index (χ0v) is 6.85. The van der Waals surface area contributed by atoms with Crippen molar-refractivity contribution in [2.24, 2.45) is 17.8 Å². The van der Waals surface area contributed by atoms with Crippen molar-refractivity contribution < 1.29 is 0 Å². The molecular weight excluding hydrogens is 108 g/mol. The molecule has 54 valence electrons. The molecule has 1 aliphatic rings. The van der Waals surface area contributed by atoms with Gasteiger partial charge in [0.15, 0.2) is 0 Å². The van der Waals surface area contributed by atoms with E-state index in [1.807, 2.05) is 0 Å². The van der Waals surface area contributed by atoms with Gasteiger partial charge in [-0.25, -0.2) is 0 Å². The smallest absolute Gasteiger partial charge is 0.0381 e. The van der Waals surface area contributed by atoms with Gasteiger partial charge in [0, 0.05) is 0 Å². The number of rotatable bonds is 3. The van der Waals surface area contributed by atoms with E-state index in [2.05, 4.69) is 20.8 Å². The Morgan fingerprint density at radius 1 is 1.33 bits per heavy atom. The van der Waals surface area contributed by atoms with Gasteiger partial charge in [0.2, 0.25) is 0 Å². The predicted molar refractivity (Wildman–Crippen MR) is 41.3 cm³/mol. The van der Waals surface area contributed by atoms with E-state index in [-0.39, 0.29) is 0 Å². The Hall–Kier alpha value is 0. The van der Waals surface area contributed by atoms with Crippen LogP contribution in [0, 0.1) is 17.8 Å². The molecule has 0 amide bonds. The first-order valence-corrected chi connectivity index (χ1v) is 4.24. The molecule has 0 unspecified atom stereocenters.